The summed E-state index contributed by atoms with van der Waals surface area (Å²) in [6.07, 6.45) is 3.60. The van der Waals surface area contributed by atoms with Crippen molar-refractivity contribution >= 4 is 11.9 Å². The Morgan fingerprint density at radius 2 is 1.65 bits per heavy atom. The maximum absolute atomic E-state index is 13.5. The number of nitrogens with zero attached hydrogens (tertiary/aromatic N) is 2. The number of likely N-dealkylation sites (tertiary alicyclic amines) is 1. The third kappa shape index (κ3) is 4.52. The number of phenolic OH excluding ortho intramolecular Hbond substituents is 2. The lowest BCUT2D eigenvalue weighted by Crippen LogP contribution is -2.49. The second-order valence-corrected chi connectivity index (χ2v) is 8.63. The quantitative estimate of drug-likeness (QED) is 0.604. The molecular weight excluding hydrogens is 388 g/mol. The number of benzene rings is 2. The van der Waals surface area contributed by atoms with Crippen LogP contribution in [0.25, 0.3) is 6.08 Å². The lowest BCUT2D eigenvalue weighted by atomic mass is 9.74. The summed E-state index contributed by atoms with van der Waals surface area (Å²) in [6.45, 7) is 5.14. The van der Waals surface area contributed by atoms with Crippen LogP contribution in [0.15, 0.2) is 78.5 Å². The van der Waals surface area contributed by atoms with E-state index in [0.29, 0.717) is 18.7 Å². The molecule has 3 aromatic rings. The smallest absolute Gasteiger partial charge is 0.167 e. The molecule has 0 spiro atoms. The van der Waals surface area contributed by atoms with Gasteiger partial charge in [0.25, 0.3) is 0 Å². The minimum Gasteiger partial charge on any atom is -0.508 e. The predicted octanol–water partition coefficient (Wildman–Crippen LogP) is 4.73. The number of hydrogen-bond acceptors (Lipinski definition) is 5. The second kappa shape index (κ2) is 8.36. The summed E-state index contributed by atoms with van der Waals surface area (Å²) in [6, 6.07) is 19.5. The SMILES string of the molecule is CC1(C)CN(Cc2ccc(O)cc2)C(c2ccc(O)cc2)C(=Cc2ccccn2)C1=O. The van der Waals surface area contributed by atoms with Crippen molar-refractivity contribution in [1.82, 2.24) is 9.88 Å². The highest BCUT2D eigenvalue weighted by molar-refractivity contribution is 6.05. The van der Waals surface area contributed by atoms with Crippen molar-refractivity contribution < 1.29 is 15.0 Å². The van der Waals surface area contributed by atoms with Crippen molar-refractivity contribution in [1.29, 1.82) is 0 Å². The van der Waals surface area contributed by atoms with Gasteiger partial charge in [-0.15, -0.1) is 0 Å². The minimum absolute atomic E-state index is 0.0955. The molecule has 1 unspecified atom stereocenters. The highest BCUT2D eigenvalue weighted by Gasteiger charge is 2.43. The Bertz CT molecular complexity index is 1090. The van der Waals surface area contributed by atoms with Gasteiger partial charge in [-0.1, -0.05) is 44.2 Å². The molecule has 1 aliphatic rings. The van der Waals surface area contributed by atoms with E-state index >= 15 is 0 Å². The van der Waals surface area contributed by atoms with Crippen LogP contribution in [0.4, 0.5) is 0 Å². The summed E-state index contributed by atoms with van der Waals surface area (Å²) in [5, 5.41) is 19.4. The standard InChI is InChI=1S/C26H26N2O3/c1-26(2)17-28(16-18-6-10-21(29)11-7-18)24(19-8-12-22(30)13-9-19)23(25(26)31)15-20-5-3-4-14-27-20/h3-15,24,29-30H,16-17H2,1-2H3. The van der Waals surface area contributed by atoms with Gasteiger partial charge in [-0.3, -0.25) is 14.7 Å². The van der Waals surface area contributed by atoms with Gasteiger partial charge in [-0.05, 0) is 53.6 Å². The summed E-state index contributed by atoms with van der Waals surface area (Å²) >= 11 is 0. The number of hydrogen-bond donors (Lipinski definition) is 2. The summed E-state index contributed by atoms with van der Waals surface area (Å²) < 4.78 is 0. The molecule has 158 valence electrons. The first kappa shape index (κ1) is 20.8. The largest absolute Gasteiger partial charge is 0.508 e. The van der Waals surface area contributed by atoms with Crippen LogP contribution < -0.4 is 0 Å². The van der Waals surface area contributed by atoms with E-state index in [1.54, 1.807) is 30.5 Å². The lowest BCUT2D eigenvalue weighted by molar-refractivity contribution is -0.128. The van der Waals surface area contributed by atoms with E-state index in [1.807, 2.05) is 62.4 Å². The van der Waals surface area contributed by atoms with Crippen molar-refractivity contribution in [3.63, 3.8) is 0 Å². The van der Waals surface area contributed by atoms with Crippen molar-refractivity contribution in [2.24, 2.45) is 5.41 Å². The van der Waals surface area contributed by atoms with Gasteiger partial charge in [0.15, 0.2) is 5.78 Å². The molecule has 1 fully saturated rings. The van der Waals surface area contributed by atoms with E-state index in [9.17, 15) is 15.0 Å². The fourth-order valence-corrected chi connectivity index (χ4v) is 4.18. The zero-order valence-corrected chi connectivity index (χ0v) is 17.7. The van der Waals surface area contributed by atoms with Gasteiger partial charge in [0.2, 0.25) is 0 Å². The highest BCUT2D eigenvalue weighted by Crippen LogP contribution is 2.42. The normalized spacial score (nSPS) is 20.1. The monoisotopic (exact) mass is 414 g/mol. The van der Waals surface area contributed by atoms with E-state index in [0.717, 1.165) is 16.8 Å². The zero-order chi connectivity index (χ0) is 22.0. The number of carbonyl (C=O) groups is 1. The first-order chi connectivity index (χ1) is 14.8. The Morgan fingerprint density at radius 1 is 1.00 bits per heavy atom. The Morgan fingerprint density at radius 3 is 2.26 bits per heavy atom. The number of aromatic hydroxyl groups is 2. The molecule has 4 rings (SSSR count). The van der Waals surface area contributed by atoms with Gasteiger partial charge in [0.05, 0.1) is 11.7 Å². The van der Waals surface area contributed by atoms with Crippen molar-refractivity contribution in [2.45, 2.75) is 26.4 Å². The maximum Gasteiger partial charge on any atom is 0.167 e. The molecule has 1 aliphatic heterocycles. The number of pyridine rings is 1. The number of ketones is 1. The van der Waals surface area contributed by atoms with Crippen molar-refractivity contribution in [3.05, 3.63) is 95.3 Å². The number of phenols is 2. The average molecular weight is 415 g/mol. The molecule has 0 radical (unpaired) electrons. The molecule has 0 saturated carbocycles. The molecular formula is C26H26N2O3. The molecule has 1 atom stereocenters. The maximum atomic E-state index is 13.5. The topological polar surface area (TPSA) is 73.7 Å². The second-order valence-electron chi connectivity index (χ2n) is 8.63. The number of rotatable bonds is 4. The summed E-state index contributed by atoms with van der Waals surface area (Å²) in [5.41, 5.74) is 2.83. The van der Waals surface area contributed by atoms with Crippen LogP contribution in [0.5, 0.6) is 11.5 Å². The molecule has 31 heavy (non-hydrogen) atoms. The fraction of sp³-hybridized carbons (Fsp3) is 0.231. The summed E-state index contributed by atoms with van der Waals surface area (Å²) in [4.78, 5) is 20.2. The zero-order valence-electron chi connectivity index (χ0n) is 17.7. The van der Waals surface area contributed by atoms with Gasteiger partial charge in [0, 0.05) is 30.3 Å². The Labute approximate surface area is 182 Å². The van der Waals surface area contributed by atoms with Crippen molar-refractivity contribution in [2.75, 3.05) is 6.54 Å². The van der Waals surface area contributed by atoms with E-state index in [2.05, 4.69) is 9.88 Å². The van der Waals surface area contributed by atoms with E-state index in [-0.39, 0.29) is 23.3 Å². The van der Waals surface area contributed by atoms with Gasteiger partial charge in [0.1, 0.15) is 11.5 Å². The molecule has 5 heteroatoms. The number of piperidine rings is 1. The predicted molar refractivity (Wildman–Crippen MR) is 120 cm³/mol. The van der Waals surface area contributed by atoms with Gasteiger partial charge < -0.3 is 10.2 Å². The van der Waals surface area contributed by atoms with Crippen molar-refractivity contribution in [3.8, 4) is 11.5 Å². The molecule has 0 bridgehead atoms. The van der Waals surface area contributed by atoms with Crippen LogP contribution in [0.3, 0.4) is 0 Å². The number of Topliss-reactive ketones (excluding diaryl/α,β-unsaturated/α-hetero) is 1. The van der Waals surface area contributed by atoms with Crippen LogP contribution in [0.1, 0.15) is 36.7 Å². The molecule has 0 aliphatic carbocycles. The summed E-state index contributed by atoms with van der Waals surface area (Å²) in [7, 11) is 0. The molecule has 2 heterocycles. The Kier molecular flexibility index (Phi) is 5.61. The van der Waals surface area contributed by atoms with E-state index in [4.69, 9.17) is 0 Å². The van der Waals surface area contributed by atoms with Crippen LogP contribution in [-0.2, 0) is 11.3 Å². The van der Waals surface area contributed by atoms with Crippen LogP contribution >= 0.6 is 0 Å². The molecule has 2 N–H and O–H groups in total. The molecule has 5 nitrogen and oxygen atoms in total. The molecule has 1 aromatic heterocycles. The van der Waals surface area contributed by atoms with Gasteiger partial charge >= 0.3 is 0 Å². The first-order valence-electron chi connectivity index (χ1n) is 10.3. The highest BCUT2D eigenvalue weighted by atomic mass is 16.3. The third-order valence-corrected chi connectivity index (χ3v) is 5.66. The Balaban J connectivity index is 1.82. The van der Waals surface area contributed by atoms with E-state index < -0.39 is 5.41 Å². The van der Waals surface area contributed by atoms with Gasteiger partial charge in [-0.2, -0.15) is 0 Å². The fourth-order valence-electron chi connectivity index (χ4n) is 4.18. The molecule has 1 saturated heterocycles. The van der Waals surface area contributed by atoms with Crippen LogP contribution in [-0.4, -0.2) is 32.4 Å². The Hall–Kier alpha value is -3.44. The number of carbonyl (C=O) groups excluding carboxylic acids is 1. The third-order valence-electron chi connectivity index (χ3n) is 5.66. The lowest BCUT2D eigenvalue weighted by Gasteiger charge is -2.44. The van der Waals surface area contributed by atoms with Gasteiger partial charge in [-0.25, -0.2) is 0 Å². The molecule has 0 amide bonds. The van der Waals surface area contributed by atoms with Crippen LogP contribution in [0.2, 0.25) is 0 Å². The summed E-state index contributed by atoms with van der Waals surface area (Å²) in [5.74, 6) is 0.508. The first-order valence-corrected chi connectivity index (χ1v) is 10.3. The number of aromatic nitrogens is 1. The average Bonchev–Trinajstić information content (AvgIpc) is 2.75. The van der Waals surface area contributed by atoms with E-state index in [1.165, 1.54) is 0 Å². The minimum atomic E-state index is -0.565. The molecule has 2 aromatic carbocycles. The van der Waals surface area contributed by atoms with Crippen LogP contribution in [0, 0.1) is 5.41 Å².